The first-order chi connectivity index (χ1) is 37.9. The van der Waals surface area contributed by atoms with Crippen LogP contribution in [-0.2, 0) is 0 Å². The maximum Gasteiger partial charge on any atom is 0.0339 e. The Hall–Kier alpha value is -1.02. The average Bonchev–Trinajstić information content (AvgIpc) is 4.10. The number of rotatable bonds is 10. The van der Waals surface area contributed by atoms with Crippen molar-refractivity contribution in [2.75, 3.05) is 248 Å². The summed E-state index contributed by atoms with van der Waals surface area (Å²) in [6, 6.07) is 4.97. The van der Waals surface area contributed by atoms with Crippen LogP contribution in [0.4, 0.5) is 0 Å². The minimum absolute atomic E-state index is 0.644. The fourth-order valence-electron chi connectivity index (χ4n) is 11.3. The molecule has 0 aromatic rings. The normalized spacial score (nSPS) is 27.9. The predicted molar refractivity (Wildman–Crippen MR) is 344 cm³/mol. The van der Waals surface area contributed by atoms with E-state index in [0.717, 1.165) is 74.6 Å². The van der Waals surface area contributed by atoms with E-state index in [1.54, 1.807) is 0 Å². The molecule has 79 heavy (non-hydrogen) atoms. The summed E-state index contributed by atoms with van der Waals surface area (Å²) in [6.45, 7) is 42.1. The van der Waals surface area contributed by atoms with Crippen LogP contribution in [0, 0.1) is 17.3 Å². The standard InChI is InChI=1S/C9H21N3.C7H16N2.C7H15N.C6H12N2.C6H14N2.C6H11N.3C5H12N2.C4H10N2/c1-8-6-12(5-4-10-3)7-9(2)11-8;1-6-4-9(3)5-7(2)8-6;1-8-6-7-4-2-3-5-7;1-8-4-6(5-8)2-7-3-6;1-8(2)6-3-4-7-5-6;1-6-2-4-7-5-3-6;1-7(2)5-3-6-4-5;1-6-2-5-3-7-4-5;1-7-4-2-6-3-5-7;1-5-4-2-6-3-4/h8-11H,4-7H2,1-3H3;6-8H,4-5H2,1-3H3;7-8H,2-6H2,1H3;7H,2-5H2,1H3;6-7H,3-5H2,1-2H3;2,7H,3-5H2,1H3;5-6H,3-4H2,1-2H3;5-7H,2-4H2,1H3;6H,2-5H2,1H3;4-6H,2-3H2,1H3. The predicted octanol–water partition coefficient (Wildman–Crippen LogP) is -0.416. The van der Waals surface area contributed by atoms with E-state index in [1.807, 2.05) is 28.2 Å². The Morgan fingerprint density at radius 2 is 1.08 bits per heavy atom. The first kappa shape index (κ1) is 74.1. The summed E-state index contributed by atoms with van der Waals surface area (Å²) in [6.07, 6.45) is 10.6. The summed E-state index contributed by atoms with van der Waals surface area (Å²) < 4.78 is 0. The van der Waals surface area contributed by atoms with E-state index in [1.165, 1.54) is 175 Å². The van der Waals surface area contributed by atoms with Gasteiger partial charge >= 0.3 is 0 Å². The Morgan fingerprint density at radius 1 is 0.544 bits per heavy atom. The Bertz CT molecular complexity index is 1360. The van der Waals surface area contributed by atoms with Crippen LogP contribution >= 0.6 is 0 Å². The van der Waals surface area contributed by atoms with E-state index in [-0.39, 0.29) is 0 Å². The van der Waals surface area contributed by atoms with Gasteiger partial charge in [0.05, 0.1) is 0 Å². The molecule has 11 aliphatic rings. The molecular weight excluding hydrogens is 987 g/mol. The SMILES string of the molecule is CC1=CCNCC1.CC1CN(C)CC(C)N1.CN(C)C1CCNC1.CN(C)C1CNC1.CN1CC2(CNC2)C1.CN1CCNCC1.CNC1CNC1.CNCC1CCCC1.CNCC1CNC1.CNCCN1CC(C)NC(C)C1. The van der Waals surface area contributed by atoms with Gasteiger partial charge in [0.15, 0.2) is 0 Å². The second kappa shape index (κ2) is 45.4. The lowest BCUT2D eigenvalue weighted by atomic mass is 9.75. The largest absolute Gasteiger partial charge is 0.319 e. The number of piperazine rings is 3. The molecule has 1 aliphatic carbocycles. The number of likely N-dealkylation sites (tertiary alicyclic amines) is 1. The fraction of sp³-hybridized carbons (Fsp3) is 0.967. The number of hydrogen-bond acceptors (Lipinski definition) is 19. The van der Waals surface area contributed by atoms with Gasteiger partial charge in [0.2, 0.25) is 0 Å². The van der Waals surface area contributed by atoms with Crippen LogP contribution in [0.1, 0.15) is 73.1 Å². The van der Waals surface area contributed by atoms with Crippen LogP contribution in [-0.4, -0.2) is 319 Å². The highest BCUT2D eigenvalue weighted by molar-refractivity contribution is 5.03. The molecular formula is C60H135N19. The lowest BCUT2D eigenvalue weighted by Crippen LogP contribution is -2.69. The molecule has 5 unspecified atom stereocenters. The van der Waals surface area contributed by atoms with Crippen LogP contribution in [0.15, 0.2) is 11.6 Å². The van der Waals surface area contributed by atoms with Crippen LogP contribution < -0.4 is 69.1 Å². The van der Waals surface area contributed by atoms with E-state index >= 15 is 0 Å². The van der Waals surface area contributed by atoms with Gasteiger partial charge in [-0.15, -0.1) is 0 Å². The van der Waals surface area contributed by atoms with Gasteiger partial charge in [-0.25, -0.2) is 0 Å². The summed E-state index contributed by atoms with van der Waals surface area (Å²) in [5.74, 6) is 1.91. The Kier molecular flexibility index (Phi) is 42.5. The van der Waals surface area contributed by atoms with E-state index in [4.69, 9.17) is 0 Å². The maximum absolute atomic E-state index is 3.52. The topological polar surface area (TPSA) is 176 Å². The zero-order valence-electron chi connectivity index (χ0n) is 54.6. The van der Waals surface area contributed by atoms with Crippen molar-refractivity contribution in [1.82, 2.24) is 98.5 Å². The molecule has 11 rings (SSSR count). The van der Waals surface area contributed by atoms with E-state index in [0.29, 0.717) is 24.2 Å². The molecule has 0 amide bonds. The van der Waals surface area contributed by atoms with Gasteiger partial charge < -0.3 is 93.6 Å². The van der Waals surface area contributed by atoms with Crippen molar-refractivity contribution in [3.05, 3.63) is 11.6 Å². The van der Waals surface area contributed by atoms with Gasteiger partial charge in [0.25, 0.3) is 0 Å². The molecule has 10 heterocycles. The zero-order valence-corrected chi connectivity index (χ0v) is 54.6. The van der Waals surface area contributed by atoms with Gasteiger partial charge in [-0.1, -0.05) is 24.5 Å². The molecule has 19 nitrogen and oxygen atoms in total. The monoisotopic (exact) mass is 1120 g/mol. The third-order valence-corrected chi connectivity index (χ3v) is 16.7. The smallest absolute Gasteiger partial charge is 0.0339 e. The molecule has 10 aliphatic heterocycles. The highest BCUT2D eigenvalue weighted by Gasteiger charge is 2.45. The summed E-state index contributed by atoms with van der Waals surface area (Å²) >= 11 is 0. The number of likely N-dealkylation sites (N-methyl/N-ethyl adjacent to an activating group) is 6. The van der Waals surface area contributed by atoms with Crippen molar-refractivity contribution in [2.24, 2.45) is 17.3 Å². The summed E-state index contributed by atoms with van der Waals surface area (Å²) in [5.41, 5.74) is 2.26. The van der Waals surface area contributed by atoms with Gasteiger partial charge in [-0.05, 0) is 169 Å². The lowest BCUT2D eigenvalue weighted by molar-refractivity contribution is -0.0218. The molecule has 5 atom stereocenters. The van der Waals surface area contributed by atoms with E-state index in [2.05, 4.69) is 189 Å². The molecule has 10 fully saturated rings. The highest BCUT2D eigenvalue weighted by Crippen LogP contribution is 2.32. The number of nitrogens with one attached hydrogen (secondary N) is 13. The molecule has 470 valence electrons. The number of nitrogens with zero attached hydrogens (tertiary/aromatic N) is 6. The molecule has 19 heteroatoms. The molecule has 13 N–H and O–H groups in total. The van der Waals surface area contributed by atoms with Crippen molar-refractivity contribution < 1.29 is 0 Å². The zero-order chi connectivity index (χ0) is 58.3. The first-order valence-electron chi connectivity index (χ1n) is 31.8. The minimum Gasteiger partial charge on any atom is -0.319 e. The second-order valence-corrected chi connectivity index (χ2v) is 25.7. The van der Waals surface area contributed by atoms with Crippen LogP contribution in [0.5, 0.6) is 0 Å². The summed E-state index contributed by atoms with van der Waals surface area (Å²) in [5, 5.41) is 42.3. The molecule has 0 aromatic heterocycles. The van der Waals surface area contributed by atoms with Gasteiger partial charge in [-0.3, -0.25) is 4.90 Å². The van der Waals surface area contributed by atoms with Crippen molar-refractivity contribution >= 4 is 0 Å². The fourth-order valence-corrected chi connectivity index (χ4v) is 11.3. The number of hydrogen-bond donors (Lipinski definition) is 13. The van der Waals surface area contributed by atoms with Crippen molar-refractivity contribution in [3.8, 4) is 0 Å². The Morgan fingerprint density at radius 3 is 1.33 bits per heavy atom. The van der Waals surface area contributed by atoms with Gasteiger partial charge in [-0.2, -0.15) is 0 Å². The summed E-state index contributed by atoms with van der Waals surface area (Å²) in [4.78, 5) is 14.1. The van der Waals surface area contributed by atoms with Crippen LogP contribution in [0.2, 0.25) is 0 Å². The van der Waals surface area contributed by atoms with Crippen molar-refractivity contribution in [1.29, 1.82) is 0 Å². The van der Waals surface area contributed by atoms with E-state index in [9.17, 15) is 0 Å². The van der Waals surface area contributed by atoms with E-state index < -0.39 is 0 Å². The highest BCUT2D eigenvalue weighted by atomic mass is 15.2. The Balaban J connectivity index is 0.000000302. The average molecular weight is 1120 g/mol. The summed E-state index contributed by atoms with van der Waals surface area (Å²) in [7, 11) is 23.1. The quantitative estimate of drug-likeness (QED) is 0.127. The second-order valence-electron chi connectivity index (χ2n) is 25.7. The Labute approximate surface area is 488 Å². The molecule has 1 spiro atoms. The lowest BCUT2D eigenvalue weighted by Gasteiger charge is -2.55. The van der Waals surface area contributed by atoms with Gasteiger partial charge in [0.1, 0.15) is 0 Å². The molecule has 0 aromatic carbocycles. The molecule has 1 saturated carbocycles. The maximum atomic E-state index is 3.52. The van der Waals surface area contributed by atoms with Crippen LogP contribution in [0.25, 0.3) is 0 Å². The first-order valence-corrected chi connectivity index (χ1v) is 31.8. The molecule has 9 saturated heterocycles. The van der Waals surface area contributed by atoms with Crippen molar-refractivity contribution in [2.45, 2.75) is 115 Å². The van der Waals surface area contributed by atoms with Crippen LogP contribution in [0.3, 0.4) is 0 Å². The van der Waals surface area contributed by atoms with Crippen molar-refractivity contribution in [3.63, 3.8) is 0 Å². The molecule has 0 radical (unpaired) electrons. The molecule has 0 bridgehead atoms. The minimum atomic E-state index is 0.644. The third-order valence-electron chi connectivity index (χ3n) is 16.7. The van der Waals surface area contributed by atoms with Gasteiger partial charge in [0, 0.05) is 198 Å². The third kappa shape index (κ3) is 36.4.